The summed E-state index contributed by atoms with van der Waals surface area (Å²) in [4.78, 5) is 10.8. The summed E-state index contributed by atoms with van der Waals surface area (Å²) in [5, 5.41) is 8.93. The van der Waals surface area contributed by atoms with Gasteiger partial charge >= 0.3 is 5.97 Å². The Morgan fingerprint density at radius 3 is 2.50 bits per heavy atom. The van der Waals surface area contributed by atoms with E-state index in [4.69, 9.17) is 5.11 Å². The molecule has 26 heavy (non-hydrogen) atoms. The zero-order valence-corrected chi connectivity index (χ0v) is 17.5. The lowest BCUT2D eigenvalue weighted by atomic mass is 9.47. The molecule has 0 amide bonds. The van der Waals surface area contributed by atoms with Gasteiger partial charge in [-0.25, -0.2) is 0 Å². The molecule has 0 radical (unpaired) electrons. The SMILES string of the molecule is CC1CC[C@H](CCCC(=O)O)CCC[C@H]2[C@H]1C[C@H](C)[C@@H]1CCCC[C@@]12C. The van der Waals surface area contributed by atoms with Crippen LogP contribution in [0, 0.1) is 40.9 Å². The maximum absolute atomic E-state index is 10.8. The maximum atomic E-state index is 10.8. The molecule has 0 aromatic carbocycles. The second-order valence-corrected chi connectivity index (χ2v) is 10.5. The highest BCUT2D eigenvalue weighted by molar-refractivity contribution is 5.66. The minimum absolute atomic E-state index is 0.356. The summed E-state index contributed by atoms with van der Waals surface area (Å²) in [7, 11) is 0. The molecule has 3 aliphatic rings. The van der Waals surface area contributed by atoms with Crippen molar-refractivity contribution in [3.63, 3.8) is 0 Å². The van der Waals surface area contributed by atoms with Gasteiger partial charge in [0, 0.05) is 6.42 Å². The lowest BCUT2D eigenvalue weighted by molar-refractivity contribution is -0.137. The average molecular weight is 363 g/mol. The molecule has 0 heterocycles. The van der Waals surface area contributed by atoms with Crippen molar-refractivity contribution in [3.05, 3.63) is 0 Å². The van der Waals surface area contributed by atoms with Crippen LogP contribution in [0.2, 0.25) is 0 Å². The van der Waals surface area contributed by atoms with Crippen LogP contribution in [0.4, 0.5) is 0 Å². The summed E-state index contributed by atoms with van der Waals surface area (Å²) in [6, 6.07) is 0. The summed E-state index contributed by atoms with van der Waals surface area (Å²) in [6.07, 6.45) is 16.5. The Hall–Kier alpha value is -0.530. The van der Waals surface area contributed by atoms with Crippen molar-refractivity contribution >= 4 is 5.97 Å². The molecule has 2 heteroatoms. The molecule has 0 aromatic heterocycles. The first kappa shape index (κ1) is 20.2. The number of hydrogen-bond donors (Lipinski definition) is 1. The monoisotopic (exact) mass is 362 g/mol. The van der Waals surface area contributed by atoms with E-state index in [9.17, 15) is 4.79 Å². The van der Waals surface area contributed by atoms with Crippen LogP contribution in [0.1, 0.15) is 104 Å². The molecule has 150 valence electrons. The van der Waals surface area contributed by atoms with Gasteiger partial charge in [0.15, 0.2) is 0 Å². The van der Waals surface area contributed by atoms with Gasteiger partial charge in [-0.3, -0.25) is 4.79 Å². The molecule has 7 atom stereocenters. The van der Waals surface area contributed by atoms with Gasteiger partial charge < -0.3 is 5.11 Å². The first-order valence-electron chi connectivity index (χ1n) is 11.6. The Morgan fingerprint density at radius 2 is 1.73 bits per heavy atom. The van der Waals surface area contributed by atoms with Crippen LogP contribution in [0.25, 0.3) is 0 Å². The second-order valence-electron chi connectivity index (χ2n) is 10.5. The minimum atomic E-state index is -0.627. The summed E-state index contributed by atoms with van der Waals surface area (Å²) in [6.45, 7) is 7.76. The van der Waals surface area contributed by atoms with Crippen LogP contribution >= 0.6 is 0 Å². The fourth-order valence-corrected chi connectivity index (χ4v) is 7.51. The molecule has 1 unspecified atom stereocenters. The Morgan fingerprint density at radius 1 is 0.962 bits per heavy atom. The molecule has 2 nitrogen and oxygen atoms in total. The third-order valence-corrected chi connectivity index (χ3v) is 8.91. The second kappa shape index (κ2) is 8.65. The largest absolute Gasteiger partial charge is 0.481 e. The molecule has 1 N–H and O–H groups in total. The van der Waals surface area contributed by atoms with Crippen molar-refractivity contribution in [2.24, 2.45) is 40.9 Å². The van der Waals surface area contributed by atoms with Crippen molar-refractivity contribution in [1.82, 2.24) is 0 Å². The first-order chi connectivity index (χ1) is 12.4. The molecule has 0 aromatic rings. The summed E-state index contributed by atoms with van der Waals surface area (Å²) < 4.78 is 0. The summed E-state index contributed by atoms with van der Waals surface area (Å²) >= 11 is 0. The van der Waals surface area contributed by atoms with Crippen molar-refractivity contribution in [2.75, 3.05) is 0 Å². The molecule has 3 saturated carbocycles. The molecule has 0 saturated heterocycles. The predicted molar refractivity (Wildman–Crippen MR) is 108 cm³/mol. The molecular formula is C24H42O2. The molecule has 3 aliphatic carbocycles. The normalized spacial score (nSPS) is 44.1. The number of carboxylic acid groups (broad SMARTS) is 1. The highest BCUT2D eigenvalue weighted by Gasteiger charge is 2.52. The first-order valence-corrected chi connectivity index (χ1v) is 11.6. The predicted octanol–water partition coefficient (Wildman–Crippen LogP) is 6.93. The van der Waals surface area contributed by atoms with E-state index in [-0.39, 0.29) is 0 Å². The van der Waals surface area contributed by atoms with Gasteiger partial charge in [0.05, 0.1) is 0 Å². The third kappa shape index (κ3) is 4.30. The van der Waals surface area contributed by atoms with E-state index in [0.717, 1.165) is 48.3 Å². The van der Waals surface area contributed by atoms with E-state index in [1.807, 2.05) is 0 Å². The lowest BCUT2D eigenvalue weighted by Crippen LogP contribution is -2.50. The van der Waals surface area contributed by atoms with Crippen LogP contribution in [-0.4, -0.2) is 11.1 Å². The van der Waals surface area contributed by atoms with E-state index >= 15 is 0 Å². The molecule has 0 spiro atoms. The number of rotatable bonds is 4. The molecule has 0 bridgehead atoms. The Kier molecular flexibility index (Phi) is 6.73. The van der Waals surface area contributed by atoms with E-state index in [0.29, 0.717) is 11.8 Å². The van der Waals surface area contributed by atoms with Crippen LogP contribution < -0.4 is 0 Å². The number of fused-ring (bicyclic) bond motifs is 3. The number of aliphatic carboxylic acids is 1. The molecular weight excluding hydrogens is 320 g/mol. The van der Waals surface area contributed by atoms with Crippen molar-refractivity contribution < 1.29 is 9.90 Å². The Balaban J connectivity index is 1.69. The minimum Gasteiger partial charge on any atom is -0.481 e. The highest BCUT2D eigenvalue weighted by atomic mass is 16.4. The van der Waals surface area contributed by atoms with Gasteiger partial charge in [-0.05, 0) is 79.4 Å². The zero-order valence-electron chi connectivity index (χ0n) is 17.5. The van der Waals surface area contributed by atoms with Crippen molar-refractivity contribution in [3.8, 4) is 0 Å². The molecule has 3 fully saturated rings. The maximum Gasteiger partial charge on any atom is 0.303 e. The fourth-order valence-electron chi connectivity index (χ4n) is 7.51. The van der Waals surface area contributed by atoms with Crippen LogP contribution in [-0.2, 0) is 4.79 Å². The van der Waals surface area contributed by atoms with Crippen molar-refractivity contribution in [1.29, 1.82) is 0 Å². The van der Waals surface area contributed by atoms with Crippen LogP contribution in [0.15, 0.2) is 0 Å². The third-order valence-electron chi connectivity index (χ3n) is 8.91. The summed E-state index contributed by atoms with van der Waals surface area (Å²) in [5.41, 5.74) is 0.595. The fraction of sp³-hybridized carbons (Fsp3) is 0.958. The van der Waals surface area contributed by atoms with Crippen molar-refractivity contribution in [2.45, 2.75) is 104 Å². The van der Waals surface area contributed by atoms with E-state index in [1.165, 1.54) is 64.2 Å². The molecule has 3 rings (SSSR count). The average Bonchev–Trinajstić information content (AvgIpc) is 2.66. The number of hydrogen-bond acceptors (Lipinski definition) is 1. The van der Waals surface area contributed by atoms with Gasteiger partial charge in [0.25, 0.3) is 0 Å². The van der Waals surface area contributed by atoms with Gasteiger partial charge in [0.1, 0.15) is 0 Å². The Bertz CT molecular complexity index is 473. The highest BCUT2D eigenvalue weighted by Crippen LogP contribution is 2.60. The molecule has 0 aliphatic heterocycles. The number of carboxylic acids is 1. The van der Waals surface area contributed by atoms with Gasteiger partial charge in [-0.1, -0.05) is 59.3 Å². The smallest absolute Gasteiger partial charge is 0.303 e. The van der Waals surface area contributed by atoms with E-state index in [2.05, 4.69) is 20.8 Å². The standard InChI is InChI=1S/C24H42O2/c1-17-13-14-19(9-7-12-23(25)26)8-6-11-22-20(17)16-18(2)21-10-4-5-15-24(21,22)3/h17-22H,4-16H2,1-3H3,(H,25,26)/t17?,18-,19-,20-,21-,22-,24-/m0/s1. The summed E-state index contributed by atoms with van der Waals surface area (Å²) in [5.74, 6) is 4.75. The van der Waals surface area contributed by atoms with E-state index < -0.39 is 5.97 Å². The number of carbonyl (C=O) groups is 1. The van der Waals surface area contributed by atoms with Gasteiger partial charge in [-0.2, -0.15) is 0 Å². The van der Waals surface area contributed by atoms with E-state index in [1.54, 1.807) is 0 Å². The van der Waals surface area contributed by atoms with Gasteiger partial charge in [-0.15, -0.1) is 0 Å². The zero-order chi connectivity index (χ0) is 18.7. The topological polar surface area (TPSA) is 37.3 Å². The van der Waals surface area contributed by atoms with Gasteiger partial charge in [0.2, 0.25) is 0 Å². The van der Waals surface area contributed by atoms with Crippen LogP contribution in [0.5, 0.6) is 0 Å². The quantitative estimate of drug-likeness (QED) is 0.589. The van der Waals surface area contributed by atoms with Crippen LogP contribution in [0.3, 0.4) is 0 Å². The lowest BCUT2D eigenvalue weighted by Gasteiger charge is -2.58. The Labute approximate surface area is 161 Å².